The van der Waals surface area contributed by atoms with Gasteiger partial charge in [0, 0.05) is 11.3 Å². The molecule has 4 heteroatoms. The van der Waals surface area contributed by atoms with Crippen molar-refractivity contribution in [2.24, 2.45) is 0 Å². The van der Waals surface area contributed by atoms with Crippen molar-refractivity contribution in [2.45, 2.75) is 33.8 Å². The standard InChI is InChI=1S/C27H27NO3/c1-5-19-24(13-12-20-17(3)25(31-4)14-16(2)26(19)20)28-27(30)22-11-10-18-8-6-7-9-21(18)23(22)15-29/h6-14,29H,5,15H2,1-4H3,(H,28,30). The summed E-state index contributed by atoms with van der Waals surface area (Å²) in [5.41, 5.74) is 5.24. The van der Waals surface area contributed by atoms with E-state index in [4.69, 9.17) is 4.74 Å². The van der Waals surface area contributed by atoms with Crippen LogP contribution in [-0.2, 0) is 13.0 Å². The molecule has 0 radical (unpaired) electrons. The van der Waals surface area contributed by atoms with Crippen molar-refractivity contribution in [1.82, 2.24) is 0 Å². The second kappa shape index (κ2) is 8.40. The summed E-state index contributed by atoms with van der Waals surface area (Å²) in [5.74, 6) is 0.652. The largest absolute Gasteiger partial charge is 0.496 e. The summed E-state index contributed by atoms with van der Waals surface area (Å²) >= 11 is 0. The van der Waals surface area contributed by atoms with Crippen LogP contribution >= 0.6 is 0 Å². The van der Waals surface area contributed by atoms with E-state index in [9.17, 15) is 9.90 Å². The molecule has 0 aromatic heterocycles. The monoisotopic (exact) mass is 413 g/mol. The van der Waals surface area contributed by atoms with Crippen molar-refractivity contribution in [3.63, 3.8) is 0 Å². The van der Waals surface area contributed by atoms with Gasteiger partial charge in [-0.2, -0.15) is 0 Å². The number of amides is 1. The highest BCUT2D eigenvalue weighted by Gasteiger charge is 2.18. The third-order valence-corrected chi connectivity index (χ3v) is 6.09. The van der Waals surface area contributed by atoms with Crippen LogP contribution in [0, 0.1) is 13.8 Å². The number of hydrogen-bond acceptors (Lipinski definition) is 3. The maximum atomic E-state index is 13.3. The number of aliphatic hydroxyl groups is 1. The normalized spacial score (nSPS) is 11.1. The number of aryl methyl sites for hydroxylation is 3. The summed E-state index contributed by atoms with van der Waals surface area (Å²) in [5, 5.41) is 17.3. The molecule has 0 unspecified atom stereocenters. The smallest absolute Gasteiger partial charge is 0.256 e. The minimum absolute atomic E-state index is 0.194. The van der Waals surface area contributed by atoms with E-state index < -0.39 is 0 Å². The molecular weight excluding hydrogens is 386 g/mol. The molecule has 0 fully saturated rings. The lowest BCUT2D eigenvalue weighted by Crippen LogP contribution is -2.16. The van der Waals surface area contributed by atoms with Crippen LogP contribution in [0.25, 0.3) is 21.5 Å². The predicted octanol–water partition coefficient (Wildman–Crippen LogP) is 5.93. The van der Waals surface area contributed by atoms with Gasteiger partial charge in [-0.15, -0.1) is 0 Å². The molecule has 158 valence electrons. The highest BCUT2D eigenvalue weighted by Crippen LogP contribution is 2.36. The van der Waals surface area contributed by atoms with Crippen LogP contribution in [-0.4, -0.2) is 18.1 Å². The Balaban J connectivity index is 1.81. The number of fused-ring (bicyclic) bond motifs is 2. The van der Waals surface area contributed by atoms with Gasteiger partial charge in [0.25, 0.3) is 5.91 Å². The van der Waals surface area contributed by atoms with Crippen LogP contribution in [0.1, 0.15) is 39.5 Å². The fourth-order valence-electron chi connectivity index (χ4n) is 4.53. The number of anilines is 1. The average Bonchev–Trinajstić information content (AvgIpc) is 2.80. The molecular formula is C27H27NO3. The second-order valence-corrected chi connectivity index (χ2v) is 7.81. The maximum Gasteiger partial charge on any atom is 0.256 e. The van der Waals surface area contributed by atoms with Gasteiger partial charge in [0.1, 0.15) is 5.75 Å². The van der Waals surface area contributed by atoms with Gasteiger partial charge in [-0.3, -0.25) is 4.79 Å². The topological polar surface area (TPSA) is 58.6 Å². The third kappa shape index (κ3) is 3.53. The quantitative estimate of drug-likeness (QED) is 0.427. The van der Waals surface area contributed by atoms with E-state index in [1.54, 1.807) is 13.2 Å². The molecule has 31 heavy (non-hydrogen) atoms. The molecule has 0 saturated heterocycles. The van der Waals surface area contributed by atoms with Crippen LogP contribution in [0.2, 0.25) is 0 Å². The molecule has 4 aromatic carbocycles. The third-order valence-electron chi connectivity index (χ3n) is 6.09. The van der Waals surface area contributed by atoms with Crippen molar-refractivity contribution < 1.29 is 14.6 Å². The second-order valence-electron chi connectivity index (χ2n) is 7.81. The number of benzene rings is 4. The van der Waals surface area contributed by atoms with Crippen LogP contribution in [0.5, 0.6) is 5.75 Å². The highest BCUT2D eigenvalue weighted by molar-refractivity contribution is 6.10. The number of carbonyl (C=O) groups is 1. The highest BCUT2D eigenvalue weighted by atomic mass is 16.5. The van der Waals surface area contributed by atoms with E-state index in [-0.39, 0.29) is 12.5 Å². The number of hydrogen-bond donors (Lipinski definition) is 2. The minimum Gasteiger partial charge on any atom is -0.496 e. The fraction of sp³-hybridized carbons (Fsp3) is 0.222. The SMILES string of the molecule is CCc1c(NC(=O)c2ccc3ccccc3c2CO)ccc2c(C)c(OC)cc(C)c12. The molecule has 0 aliphatic rings. The average molecular weight is 414 g/mol. The summed E-state index contributed by atoms with van der Waals surface area (Å²) in [7, 11) is 1.69. The fourth-order valence-corrected chi connectivity index (χ4v) is 4.53. The summed E-state index contributed by atoms with van der Waals surface area (Å²) < 4.78 is 5.53. The number of methoxy groups -OCH3 is 1. The summed E-state index contributed by atoms with van der Waals surface area (Å²) in [6.07, 6.45) is 0.782. The first-order valence-corrected chi connectivity index (χ1v) is 10.5. The molecule has 0 heterocycles. The van der Waals surface area contributed by atoms with Gasteiger partial charge in [0.05, 0.1) is 13.7 Å². The Morgan fingerprint density at radius 3 is 2.48 bits per heavy atom. The Kier molecular flexibility index (Phi) is 5.66. The van der Waals surface area contributed by atoms with E-state index in [1.165, 1.54) is 0 Å². The number of rotatable bonds is 5. The number of aliphatic hydroxyl groups excluding tert-OH is 1. The first-order valence-electron chi connectivity index (χ1n) is 10.5. The van der Waals surface area contributed by atoms with Crippen LogP contribution < -0.4 is 10.1 Å². The summed E-state index contributed by atoms with van der Waals surface area (Å²) in [4.78, 5) is 13.3. The van der Waals surface area contributed by atoms with Crippen molar-refractivity contribution in [3.8, 4) is 5.75 Å². The lowest BCUT2D eigenvalue weighted by molar-refractivity contribution is 0.102. The zero-order chi connectivity index (χ0) is 22.1. The maximum absolute atomic E-state index is 13.3. The van der Waals surface area contributed by atoms with Gasteiger partial charge < -0.3 is 15.2 Å². The number of ether oxygens (including phenoxy) is 1. The van der Waals surface area contributed by atoms with Crippen molar-refractivity contribution in [2.75, 3.05) is 12.4 Å². The van der Waals surface area contributed by atoms with E-state index >= 15 is 0 Å². The Morgan fingerprint density at radius 1 is 1.00 bits per heavy atom. The van der Waals surface area contributed by atoms with E-state index in [0.717, 1.165) is 56.1 Å². The zero-order valence-electron chi connectivity index (χ0n) is 18.4. The Hall–Kier alpha value is -3.37. The van der Waals surface area contributed by atoms with Crippen molar-refractivity contribution in [1.29, 1.82) is 0 Å². The molecule has 0 saturated carbocycles. The van der Waals surface area contributed by atoms with Gasteiger partial charge in [-0.25, -0.2) is 0 Å². The van der Waals surface area contributed by atoms with Gasteiger partial charge in [0.2, 0.25) is 0 Å². The Morgan fingerprint density at radius 2 is 1.77 bits per heavy atom. The van der Waals surface area contributed by atoms with Crippen LogP contribution in [0.15, 0.2) is 54.6 Å². The summed E-state index contributed by atoms with van der Waals surface area (Å²) in [6.45, 7) is 6.03. The van der Waals surface area contributed by atoms with Gasteiger partial charge in [-0.1, -0.05) is 43.3 Å². The molecule has 0 aliphatic carbocycles. The molecule has 0 bridgehead atoms. The van der Waals surface area contributed by atoms with E-state index in [2.05, 4.69) is 32.2 Å². The minimum atomic E-state index is -0.216. The van der Waals surface area contributed by atoms with E-state index in [0.29, 0.717) is 11.1 Å². The molecule has 4 aromatic rings. The lowest BCUT2D eigenvalue weighted by atomic mass is 9.93. The molecule has 4 rings (SSSR count). The molecule has 2 N–H and O–H groups in total. The molecule has 0 spiro atoms. The van der Waals surface area contributed by atoms with Crippen LogP contribution in [0.3, 0.4) is 0 Å². The molecule has 1 amide bonds. The molecule has 4 nitrogen and oxygen atoms in total. The van der Waals surface area contributed by atoms with Crippen molar-refractivity contribution >= 4 is 33.1 Å². The van der Waals surface area contributed by atoms with Gasteiger partial charge in [0.15, 0.2) is 0 Å². The van der Waals surface area contributed by atoms with Crippen LogP contribution in [0.4, 0.5) is 5.69 Å². The first-order chi connectivity index (χ1) is 15.0. The van der Waals surface area contributed by atoms with Gasteiger partial charge in [-0.05, 0) is 82.3 Å². The predicted molar refractivity (Wildman–Crippen MR) is 127 cm³/mol. The lowest BCUT2D eigenvalue weighted by Gasteiger charge is -2.18. The number of nitrogens with one attached hydrogen (secondary N) is 1. The van der Waals surface area contributed by atoms with Crippen molar-refractivity contribution in [3.05, 3.63) is 82.4 Å². The Bertz CT molecular complexity index is 1310. The molecule has 0 aliphatic heterocycles. The molecule has 0 atom stereocenters. The summed E-state index contributed by atoms with van der Waals surface area (Å²) in [6, 6.07) is 17.5. The zero-order valence-corrected chi connectivity index (χ0v) is 18.4. The Labute approximate surface area is 182 Å². The van der Waals surface area contributed by atoms with E-state index in [1.807, 2.05) is 42.5 Å². The van der Waals surface area contributed by atoms with Gasteiger partial charge >= 0.3 is 0 Å². The number of carbonyl (C=O) groups excluding carboxylic acids is 1. The first kappa shape index (κ1) is 20.9.